The van der Waals surface area contributed by atoms with Crippen LogP contribution in [0.15, 0.2) is 67.0 Å². The van der Waals surface area contributed by atoms with Gasteiger partial charge in [0.25, 0.3) is 5.91 Å². The fourth-order valence-corrected chi connectivity index (χ4v) is 6.95. The second-order valence-electron chi connectivity index (χ2n) is 12.5. The number of para-hydroxylation sites is 1. The number of H-pyrrole nitrogens is 1. The average Bonchev–Trinajstić information content (AvgIpc) is 3.85. The lowest BCUT2D eigenvalue weighted by Gasteiger charge is -2.35. The van der Waals surface area contributed by atoms with Crippen LogP contribution in [0.1, 0.15) is 34.5 Å². The summed E-state index contributed by atoms with van der Waals surface area (Å²) in [5.41, 5.74) is 1.59. The SMILES string of the molecule is COc1ccccc1-c1cc(C2=CCCN(C(=O)CCn3ccnn3)C2)c(F)c2[nH]c(C(=O)N3CCN(c4ccc(C(F)(F)F)c(Cl)n4)CC3)cc12. The third kappa shape index (κ3) is 6.92. The maximum atomic E-state index is 16.6. The lowest BCUT2D eigenvalue weighted by Crippen LogP contribution is -2.49. The number of methoxy groups -OCH3 is 1. The molecule has 3 aromatic heterocycles. The molecule has 0 bridgehead atoms. The molecule has 5 aromatic rings. The molecule has 11 nitrogen and oxygen atoms in total. The average molecular weight is 737 g/mol. The minimum atomic E-state index is -4.62. The van der Waals surface area contributed by atoms with Gasteiger partial charge in [0.05, 0.1) is 30.9 Å². The maximum Gasteiger partial charge on any atom is 0.419 e. The van der Waals surface area contributed by atoms with Gasteiger partial charge in [-0.15, -0.1) is 5.10 Å². The van der Waals surface area contributed by atoms with Gasteiger partial charge >= 0.3 is 6.18 Å². The third-order valence-corrected chi connectivity index (χ3v) is 9.67. The summed E-state index contributed by atoms with van der Waals surface area (Å²) in [6.07, 6.45) is 1.31. The van der Waals surface area contributed by atoms with Crippen LogP contribution in [0.25, 0.3) is 27.6 Å². The van der Waals surface area contributed by atoms with Crippen molar-refractivity contribution in [3.63, 3.8) is 0 Å². The maximum absolute atomic E-state index is 16.6. The molecule has 2 aromatic carbocycles. The zero-order valence-corrected chi connectivity index (χ0v) is 28.7. The van der Waals surface area contributed by atoms with E-state index < -0.39 is 22.7 Å². The van der Waals surface area contributed by atoms with Crippen LogP contribution in [-0.4, -0.2) is 93.0 Å². The number of carbonyl (C=O) groups is 2. The highest BCUT2D eigenvalue weighted by atomic mass is 35.5. The van der Waals surface area contributed by atoms with Gasteiger partial charge in [-0.2, -0.15) is 13.2 Å². The van der Waals surface area contributed by atoms with Gasteiger partial charge in [0, 0.05) is 68.4 Å². The number of carbonyl (C=O) groups excluding carboxylic acids is 2. The van der Waals surface area contributed by atoms with E-state index in [9.17, 15) is 22.8 Å². The Morgan fingerprint density at radius 3 is 2.48 bits per heavy atom. The predicted octanol–water partition coefficient (Wildman–Crippen LogP) is 6.31. The first-order chi connectivity index (χ1) is 25.0. The zero-order valence-electron chi connectivity index (χ0n) is 28.0. The second-order valence-corrected chi connectivity index (χ2v) is 12.8. The quantitative estimate of drug-likeness (QED) is 0.147. The fraction of sp³-hybridized carbons (Fsp3) is 0.306. The summed E-state index contributed by atoms with van der Waals surface area (Å²) >= 11 is 5.84. The second kappa shape index (κ2) is 14.3. The predicted molar refractivity (Wildman–Crippen MR) is 186 cm³/mol. The number of aromatic nitrogens is 5. The number of alkyl halides is 3. The summed E-state index contributed by atoms with van der Waals surface area (Å²) in [7, 11) is 1.55. The van der Waals surface area contributed by atoms with Gasteiger partial charge in [0.15, 0.2) is 5.82 Å². The van der Waals surface area contributed by atoms with E-state index in [0.717, 1.165) is 6.07 Å². The van der Waals surface area contributed by atoms with Gasteiger partial charge in [0.1, 0.15) is 22.4 Å². The first-order valence-electron chi connectivity index (χ1n) is 16.6. The molecule has 0 aliphatic carbocycles. The Bertz CT molecular complexity index is 2160. The Kier molecular flexibility index (Phi) is 9.62. The number of benzene rings is 2. The minimum absolute atomic E-state index is 0.0856. The van der Waals surface area contributed by atoms with Gasteiger partial charge < -0.3 is 24.4 Å². The van der Waals surface area contributed by atoms with E-state index in [1.165, 1.54) is 6.07 Å². The van der Waals surface area contributed by atoms with Crippen LogP contribution in [0.3, 0.4) is 0 Å². The van der Waals surface area contributed by atoms with E-state index in [0.29, 0.717) is 66.0 Å². The van der Waals surface area contributed by atoms with E-state index in [-0.39, 0.29) is 54.9 Å². The molecule has 2 aliphatic rings. The normalized spacial score (nSPS) is 15.3. The monoisotopic (exact) mass is 736 g/mol. The summed E-state index contributed by atoms with van der Waals surface area (Å²) in [6.45, 7) is 2.17. The van der Waals surface area contributed by atoms with Crippen molar-refractivity contribution in [3.8, 4) is 16.9 Å². The van der Waals surface area contributed by atoms with Gasteiger partial charge in [-0.1, -0.05) is 41.1 Å². The Balaban J connectivity index is 1.16. The number of fused-ring (bicyclic) bond motifs is 1. The molecule has 0 radical (unpaired) electrons. The molecule has 7 rings (SSSR count). The van der Waals surface area contributed by atoms with Crippen LogP contribution in [0, 0.1) is 5.82 Å². The van der Waals surface area contributed by atoms with Crippen LogP contribution in [-0.2, 0) is 17.5 Å². The summed E-state index contributed by atoms with van der Waals surface area (Å²) in [5, 5.41) is 7.53. The number of piperazine rings is 1. The van der Waals surface area contributed by atoms with Crippen molar-refractivity contribution >= 4 is 45.7 Å². The number of rotatable bonds is 8. The van der Waals surface area contributed by atoms with Gasteiger partial charge in [-0.3, -0.25) is 14.3 Å². The van der Waals surface area contributed by atoms with Crippen molar-refractivity contribution < 1.29 is 31.9 Å². The Morgan fingerprint density at radius 1 is 0.981 bits per heavy atom. The van der Waals surface area contributed by atoms with E-state index in [1.807, 2.05) is 24.3 Å². The Hall–Kier alpha value is -5.44. The molecule has 2 amide bonds. The summed E-state index contributed by atoms with van der Waals surface area (Å²) in [5.74, 6) is -0.156. The number of ether oxygens (including phenoxy) is 1. The molecule has 52 heavy (non-hydrogen) atoms. The minimum Gasteiger partial charge on any atom is -0.496 e. The van der Waals surface area contributed by atoms with Crippen LogP contribution in [0.4, 0.5) is 23.4 Å². The zero-order chi connectivity index (χ0) is 36.6. The standard InChI is InChI=1S/C36H33ClF4N8O3/c1-52-29-7-3-2-6-23(29)25-19-24(22-5-4-12-48(21-22)31(50)10-13-49-14-11-42-45-49)32(38)33-26(25)20-28(43-33)35(51)47-17-15-46(16-18-47)30-9-8-27(34(37)44-30)36(39,40)41/h2-3,5-9,11,14,19-20,43H,4,10,12-13,15-18,21H2,1H3. The lowest BCUT2D eigenvalue weighted by molar-refractivity contribution is -0.137. The van der Waals surface area contributed by atoms with Gasteiger partial charge in [-0.05, 0) is 47.9 Å². The van der Waals surface area contributed by atoms with Crippen molar-refractivity contribution in [2.24, 2.45) is 0 Å². The molecular weight excluding hydrogens is 704 g/mol. The van der Waals surface area contributed by atoms with E-state index in [1.54, 1.807) is 57.1 Å². The van der Waals surface area contributed by atoms with Crippen molar-refractivity contribution in [3.05, 3.63) is 94.8 Å². The summed E-state index contributed by atoms with van der Waals surface area (Å²) < 4.78 is 63.4. The number of nitrogens with zero attached hydrogens (tertiary/aromatic N) is 7. The Labute approximate surface area is 300 Å². The van der Waals surface area contributed by atoms with E-state index in [2.05, 4.69) is 20.3 Å². The number of pyridine rings is 1. The van der Waals surface area contributed by atoms with Crippen LogP contribution >= 0.6 is 11.6 Å². The topological polar surface area (TPSA) is 112 Å². The molecule has 0 atom stereocenters. The highest BCUT2D eigenvalue weighted by Crippen LogP contribution is 2.40. The molecule has 5 heterocycles. The van der Waals surface area contributed by atoms with Crippen LogP contribution in [0.2, 0.25) is 5.15 Å². The smallest absolute Gasteiger partial charge is 0.419 e. The van der Waals surface area contributed by atoms with Crippen LogP contribution < -0.4 is 9.64 Å². The van der Waals surface area contributed by atoms with Gasteiger partial charge in [-0.25, -0.2) is 9.37 Å². The molecule has 0 spiro atoms. The molecular formula is C36H33ClF4N8O3. The summed E-state index contributed by atoms with van der Waals surface area (Å²) in [6, 6.07) is 12.9. The molecule has 270 valence electrons. The number of aromatic amines is 1. The van der Waals surface area contributed by atoms with Crippen molar-refractivity contribution in [2.45, 2.75) is 25.6 Å². The van der Waals surface area contributed by atoms with E-state index >= 15 is 4.39 Å². The number of halogens is 5. The van der Waals surface area contributed by atoms with Crippen molar-refractivity contribution in [1.82, 2.24) is 34.8 Å². The number of hydrogen-bond acceptors (Lipinski definition) is 7. The third-order valence-electron chi connectivity index (χ3n) is 9.39. The number of nitrogens with one attached hydrogen (secondary N) is 1. The number of aryl methyl sites for hydroxylation is 1. The van der Waals surface area contributed by atoms with Crippen molar-refractivity contribution in [2.75, 3.05) is 51.3 Å². The fourth-order valence-electron chi connectivity index (χ4n) is 6.69. The molecule has 0 saturated carbocycles. The molecule has 1 saturated heterocycles. The number of anilines is 1. The van der Waals surface area contributed by atoms with Gasteiger partial charge in [0.2, 0.25) is 5.91 Å². The van der Waals surface area contributed by atoms with Crippen LogP contribution in [0.5, 0.6) is 5.75 Å². The molecule has 16 heteroatoms. The van der Waals surface area contributed by atoms with E-state index in [4.69, 9.17) is 16.3 Å². The molecule has 2 aliphatic heterocycles. The first-order valence-corrected chi connectivity index (χ1v) is 17.0. The molecule has 1 N–H and O–H groups in total. The number of amides is 2. The summed E-state index contributed by atoms with van der Waals surface area (Å²) in [4.78, 5) is 39.1. The van der Waals surface area contributed by atoms with Crippen molar-refractivity contribution in [1.29, 1.82) is 0 Å². The Morgan fingerprint density at radius 2 is 1.77 bits per heavy atom. The number of hydrogen-bond donors (Lipinski definition) is 1. The highest BCUT2D eigenvalue weighted by Gasteiger charge is 2.35. The molecule has 1 fully saturated rings. The first kappa shape index (κ1) is 35.0. The largest absolute Gasteiger partial charge is 0.496 e. The lowest BCUT2D eigenvalue weighted by atomic mass is 9.93. The highest BCUT2D eigenvalue weighted by molar-refractivity contribution is 6.30. The molecule has 0 unspecified atom stereocenters.